The van der Waals surface area contributed by atoms with Gasteiger partial charge in [-0.15, -0.1) is 0 Å². The highest BCUT2D eigenvalue weighted by Crippen LogP contribution is 2.12. The summed E-state index contributed by atoms with van der Waals surface area (Å²) in [5, 5.41) is 0. The number of hydrogen-bond acceptors (Lipinski definition) is 5. The second kappa shape index (κ2) is 3.89. The number of nitrogens with zero attached hydrogens (tertiary/aromatic N) is 3. The van der Waals surface area contributed by atoms with E-state index in [0.717, 1.165) is 6.33 Å². The Hall–Kier alpha value is -2.57. The fourth-order valence-electron chi connectivity index (χ4n) is 1.16. The number of hydrogen-bond donors (Lipinski definition) is 2. The molecule has 2 rings (SSSR count). The summed E-state index contributed by atoms with van der Waals surface area (Å²) in [6.07, 6.45) is 2.55. The average molecular weight is 217 g/mol. The number of primary amides is 1. The van der Waals surface area contributed by atoms with Crippen LogP contribution in [-0.4, -0.2) is 25.8 Å². The van der Waals surface area contributed by atoms with Crippen molar-refractivity contribution in [1.29, 1.82) is 0 Å². The predicted molar refractivity (Wildman–Crippen MR) is 54.4 cm³/mol. The maximum Gasteiger partial charge on any atom is 0.348 e. The molecule has 0 fully saturated rings. The number of aromatic nitrogens is 4. The molecule has 0 aliphatic heterocycles. The Labute approximate surface area is 89.4 Å². The van der Waals surface area contributed by atoms with Crippen LogP contribution in [0.3, 0.4) is 0 Å². The molecule has 16 heavy (non-hydrogen) atoms. The predicted octanol–water partition coefficient (Wildman–Crippen LogP) is -0.674. The minimum Gasteiger partial charge on any atom is -0.364 e. The van der Waals surface area contributed by atoms with Crippen LogP contribution in [0.25, 0.3) is 11.4 Å². The van der Waals surface area contributed by atoms with Gasteiger partial charge in [0.2, 0.25) is 0 Å². The van der Waals surface area contributed by atoms with E-state index in [1.165, 1.54) is 12.3 Å². The van der Waals surface area contributed by atoms with Crippen molar-refractivity contribution in [2.24, 2.45) is 5.73 Å². The third-order valence-electron chi connectivity index (χ3n) is 1.87. The van der Waals surface area contributed by atoms with Crippen molar-refractivity contribution < 1.29 is 4.79 Å². The summed E-state index contributed by atoms with van der Waals surface area (Å²) in [6.45, 7) is 0. The molecule has 3 N–H and O–H groups in total. The summed E-state index contributed by atoms with van der Waals surface area (Å²) >= 11 is 0. The van der Waals surface area contributed by atoms with Crippen molar-refractivity contribution in [3.05, 3.63) is 40.8 Å². The molecule has 80 valence electrons. The first-order chi connectivity index (χ1) is 7.66. The molecule has 0 saturated heterocycles. The summed E-state index contributed by atoms with van der Waals surface area (Å²) in [6, 6.07) is 3.05. The van der Waals surface area contributed by atoms with Gasteiger partial charge in [0.25, 0.3) is 5.91 Å². The van der Waals surface area contributed by atoms with Crippen molar-refractivity contribution in [3.63, 3.8) is 0 Å². The van der Waals surface area contributed by atoms with Gasteiger partial charge in [-0.25, -0.2) is 9.78 Å². The van der Waals surface area contributed by atoms with E-state index < -0.39 is 11.6 Å². The van der Waals surface area contributed by atoms with Gasteiger partial charge < -0.3 is 5.73 Å². The fraction of sp³-hybridized carbons (Fsp3) is 0. The molecule has 2 aromatic rings. The number of amides is 1. The Morgan fingerprint density at radius 3 is 2.81 bits per heavy atom. The van der Waals surface area contributed by atoms with E-state index in [-0.39, 0.29) is 5.69 Å². The van der Waals surface area contributed by atoms with E-state index in [1.54, 1.807) is 6.07 Å². The Kier molecular flexibility index (Phi) is 2.42. The Morgan fingerprint density at radius 1 is 1.31 bits per heavy atom. The molecule has 0 saturated carbocycles. The number of nitrogens with two attached hydrogens (primary N) is 1. The zero-order chi connectivity index (χ0) is 11.5. The lowest BCUT2D eigenvalue weighted by atomic mass is 10.2. The number of aromatic amines is 1. The van der Waals surface area contributed by atoms with Crippen molar-refractivity contribution in [2.45, 2.75) is 0 Å². The highest BCUT2D eigenvalue weighted by Gasteiger charge is 2.06. The monoisotopic (exact) mass is 217 g/mol. The number of nitrogens with one attached hydrogen (secondary N) is 1. The van der Waals surface area contributed by atoms with Gasteiger partial charge in [-0.3, -0.25) is 14.8 Å². The molecular formula is C9H7N5O2. The molecule has 0 bridgehead atoms. The molecule has 0 aliphatic rings. The van der Waals surface area contributed by atoms with Crippen LogP contribution in [0.15, 0.2) is 29.5 Å². The van der Waals surface area contributed by atoms with Gasteiger partial charge in [0.15, 0.2) is 0 Å². The van der Waals surface area contributed by atoms with Gasteiger partial charge in [0.05, 0.1) is 0 Å². The molecule has 2 heterocycles. The van der Waals surface area contributed by atoms with Crippen LogP contribution in [0.5, 0.6) is 0 Å². The second-order valence-corrected chi connectivity index (χ2v) is 2.95. The van der Waals surface area contributed by atoms with Crippen LogP contribution >= 0.6 is 0 Å². The molecule has 0 radical (unpaired) electrons. The van der Waals surface area contributed by atoms with Crippen LogP contribution in [0, 0.1) is 0 Å². The molecule has 7 heteroatoms. The Balaban J connectivity index is 2.52. The van der Waals surface area contributed by atoms with Gasteiger partial charge >= 0.3 is 5.69 Å². The van der Waals surface area contributed by atoms with Crippen LogP contribution < -0.4 is 11.4 Å². The molecule has 2 aromatic heterocycles. The van der Waals surface area contributed by atoms with Crippen LogP contribution in [0.4, 0.5) is 0 Å². The number of rotatable bonds is 2. The maximum absolute atomic E-state index is 11.0. The lowest BCUT2D eigenvalue weighted by Crippen LogP contribution is -2.14. The van der Waals surface area contributed by atoms with Crippen LogP contribution in [0.2, 0.25) is 0 Å². The van der Waals surface area contributed by atoms with Crippen molar-refractivity contribution in [3.8, 4) is 11.4 Å². The summed E-state index contributed by atoms with van der Waals surface area (Å²) < 4.78 is 0. The quantitative estimate of drug-likeness (QED) is 0.691. The van der Waals surface area contributed by atoms with Gasteiger partial charge in [0.1, 0.15) is 17.8 Å². The van der Waals surface area contributed by atoms with Gasteiger partial charge in [-0.1, -0.05) is 0 Å². The SMILES string of the molecule is NC(=O)c1cc(-c2ncnc(=O)[nH]2)ccn1. The molecule has 0 aliphatic carbocycles. The van der Waals surface area contributed by atoms with Crippen molar-refractivity contribution in [1.82, 2.24) is 19.9 Å². The second-order valence-electron chi connectivity index (χ2n) is 2.95. The maximum atomic E-state index is 11.0. The Morgan fingerprint density at radius 2 is 2.12 bits per heavy atom. The van der Waals surface area contributed by atoms with E-state index in [9.17, 15) is 9.59 Å². The molecular weight excluding hydrogens is 210 g/mol. The van der Waals surface area contributed by atoms with Gasteiger partial charge in [0, 0.05) is 11.8 Å². The van der Waals surface area contributed by atoms with E-state index in [1.807, 2.05) is 0 Å². The average Bonchev–Trinajstić information content (AvgIpc) is 2.29. The molecule has 0 aromatic carbocycles. The lowest BCUT2D eigenvalue weighted by molar-refractivity contribution is 0.0995. The summed E-state index contributed by atoms with van der Waals surface area (Å²) in [4.78, 5) is 35.3. The third kappa shape index (κ3) is 1.92. The minimum absolute atomic E-state index is 0.108. The summed E-state index contributed by atoms with van der Waals surface area (Å²) in [5.41, 5.74) is 5.23. The highest BCUT2D eigenvalue weighted by molar-refractivity contribution is 5.91. The van der Waals surface area contributed by atoms with Crippen molar-refractivity contribution in [2.75, 3.05) is 0 Å². The molecule has 0 spiro atoms. The first-order valence-electron chi connectivity index (χ1n) is 4.34. The third-order valence-corrected chi connectivity index (χ3v) is 1.87. The normalized spacial score (nSPS) is 10.0. The molecule has 7 nitrogen and oxygen atoms in total. The number of carbonyl (C=O) groups is 1. The summed E-state index contributed by atoms with van der Waals surface area (Å²) in [7, 11) is 0. The minimum atomic E-state index is -0.641. The van der Waals surface area contributed by atoms with Gasteiger partial charge in [-0.2, -0.15) is 4.98 Å². The standard InChI is InChI=1S/C9H7N5O2/c10-7(15)6-3-5(1-2-11-6)8-12-4-13-9(16)14-8/h1-4H,(H2,10,15)(H,12,13,14,16). The van der Waals surface area contributed by atoms with E-state index >= 15 is 0 Å². The highest BCUT2D eigenvalue weighted by atomic mass is 16.1. The van der Waals surface area contributed by atoms with Crippen LogP contribution in [-0.2, 0) is 0 Å². The zero-order valence-corrected chi connectivity index (χ0v) is 8.04. The lowest BCUT2D eigenvalue weighted by Gasteiger charge is -2.00. The largest absolute Gasteiger partial charge is 0.364 e. The Bertz CT molecular complexity index is 592. The summed E-state index contributed by atoms with van der Waals surface area (Å²) in [5.74, 6) is -0.330. The fourth-order valence-corrected chi connectivity index (χ4v) is 1.16. The number of H-pyrrole nitrogens is 1. The van der Waals surface area contributed by atoms with Crippen molar-refractivity contribution >= 4 is 5.91 Å². The van der Waals surface area contributed by atoms with E-state index in [2.05, 4.69) is 19.9 Å². The topological polar surface area (TPSA) is 115 Å². The zero-order valence-electron chi connectivity index (χ0n) is 8.04. The molecule has 0 unspecified atom stereocenters. The number of pyridine rings is 1. The van der Waals surface area contributed by atoms with Gasteiger partial charge in [-0.05, 0) is 12.1 Å². The smallest absolute Gasteiger partial charge is 0.348 e. The first kappa shape index (κ1) is 9.97. The molecule has 0 atom stereocenters. The molecule has 1 amide bonds. The van der Waals surface area contributed by atoms with Crippen LogP contribution in [0.1, 0.15) is 10.5 Å². The number of carbonyl (C=O) groups excluding carboxylic acids is 1. The van der Waals surface area contributed by atoms with E-state index in [0.29, 0.717) is 11.4 Å². The van der Waals surface area contributed by atoms with E-state index in [4.69, 9.17) is 5.73 Å². The first-order valence-corrected chi connectivity index (χ1v) is 4.34.